The normalized spacial score (nSPS) is 27.1. The highest BCUT2D eigenvalue weighted by Crippen LogP contribution is 2.17. The first-order valence-corrected chi connectivity index (χ1v) is 8.74. The van der Waals surface area contributed by atoms with Crippen molar-refractivity contribution in [3.8, 4) is 0 Å². The molecule has 0 spiro atoms. The maximum absolute atomic E-state index is 12.8. The molecule has 0 saturated carbocycles. The van der Waals surface area contributed by atoms with Gasteiger partial charge in [-0.3, -0.25) is 14.7 Å². The van der Waals surface area contributed by atoms with Gasteiger partial charge < -0.3 is 14.5 Å². The van der Waals surface area contributed by atoms with E-state index in [2.05, 4.69) is 19.8 Å². The molecule has 1 aromatic rings. The fourth-order valence-corrected chi connectivity index (χ4v) is 3.57. The van der Waals surface area contributed by atoms with Gasteiger partial charge in [0.1, 0.15) is 5.82 Å². The molecule has 7 nitrogen and oxygen atoms in total. The molecule has 0 aliphatic carbocycles. The van der Waals surface area contributed by atoms with Gasteiger partial charge in [0.2, 0.25) is 5.91 Å². The van der Waals surface area contributed by atoms with Crippen molar-refractivity contribution in [2.45, 2.75) is 39.0 Å². The third kappa shape index (κ3) is 3.84. The van der Waals surface area contributed by atoms with Gasteiger partial charge in [0, 0.05) is 51.7 Å². The van der Waals surface area contributed by atoms with Gasteiger partial charge in [0.25, 0.3) is 0 Å². The van der Waals surface area contributed by atoms with Crippen molar-refractivity contribution in [3.63, 3.8) is 0 Å². The Labute approximate surface area is 143 Å². The monoisotopic (exact) mass is 333 g/mol. The lowest BCUT2D eigenvalue weighted by Crippen LogP contribution is -2.57. The summed E-state index contributed by atoms with van der Waals surface area (Å²) in [6.07, 6.45) is 5.41. The Kier molecular flexibility index (Phi) is 5.30. The molecular formula is C17H27N5O2. The van der Waals surface area contributed by atoms with Crippen LogP contribution in [0, 0.1) is 0 Å². The second-order valence-electron chi connectivity index (χ2n) is 6.76. The first-order valence-electron chi connectivity index (χ1n) is 8.74. The molecule has 2 aliphatic heterocycles. The number of rotatable bonds is 3. The summed E-state index contributed by atoms with van der Waals surface area (Å²) in [6, 6.07) is -0.0912. The first-order chi connectivity index (χ1) is 11.5. The number of ether oxygens (including phenoxy) is 1. The SMILES string of the molecule is C[C@@H]1CN(C(=O)[C@@H](C)N2CCN(c3cnccn3)CC2)C[C@H](C)O1. The van der Waals surface area contributed by atoms with E-state index in [1.807, 2.05) is 25.7 Å². The van der Waals surface area contributed by atoms with E-state index >= 15 is 0 Å². The van der Waals surface area contributed by atoms with Gasteiger partial charge in [-0.2, -0.15) is 0 Å². The molecule has 0 aromatic carbocycles. The van der Waals surface area contributed by atoms with Crippen LogP contribution in [-0.2, 0) is 9.53 Å². The topological polar surface area (TPSA) is 61.8 Å². The van der Waals surface area contributed by atoms with Crippen LogP contribution < -0.4 is 4.90 Å². The number of anilines is 1. The van der Waals surface area contributed by atoms with Crippen LogP contribution in [-0.4, -0.2) is 83.2 Å². The van der Waals surface area contributed by atoms with Crippen molar-refractivity contribution >= 4 is 11.7 Å². The quantitative estimate of drug-likeness (QED) is 0.808. The predicted octanol–water partition coefficient (Wildman–Crippen LogP) is 0.623. The van der Waals surface area contributed by atoms with Gasteiger partial charge in [0.05, 0.1) is 24.4 Å². The lowest BCUT2D eigenvalue weighted by molar-refractivity contribution is -0.148. The molecule has 3 atom stereocenters. The van der Waals surface area contributed by atoms with E-state index in [-0.39, 0.29) is 24.2 Å². The summed E-state index contributed by atoms with van der Waals surface area (Å²) >= 11 is 0. The fourth-order valence-electron chi connectivity index (χ4n) is 3.57. The van der Waals surface area contributed by atoms with Crippen molar-refractivity contribution in [1.82, 2.24) is 19.8 Å². The largest absolute Gasteiger partial charge is 0.372 e. The average molecular weight is 333 g/mol. The standard InChI is InChI=1S/C17H27N5O2/c1-13-11-22(12-14(2)24-13)17(23)15(3)20-6-8-21(9-7-20)16-10-18-4-5-19-16/h4-5,10,13-15H,6-9,11-12H2,1-3H3/t13-,14+,15-/m1/s1. The number of aromatic nitrogens is 2. The summed E-state index contributed by atoms with van der Waals surface area (Å²) in [5.41, 5.74) is 0. The Hall–Kier alpha value is -1.73. The molecule has 3 heterocycles. The third-order valence-corrected chi connectivity index (χ3v) is 4.82. The Morgan fingerprint density at radius 1 is 1.17 bits per heavy atom. The van der Waals surface area contributed by atoms with Crippen LogP contribution in [0.25, 0.3) is 0 Å². The summed E-state index contributed by atoms with van der Waals surface area (Å²) < 4.78 is 5.73. The van der Waals surface area contributed by atoms with Crippen molar-refractivity contribution in [2.75, 3.05) is 44.2 Å². The second-order valence-corrected chi connectivity index (χ2v) is 6.76. The van der Waals surface area contributed by atoms with Crippen molar-refractivity contribution in [3.05, 3.63) is 18.6 Å². The van der Waals surface area contributed by atoms with Gasteiger partial charge in [0.15, 0.2) is 0 Å². The molecule has 2 fully saturated rings. The third-order valence-electron chi connectivity index (χ3n) is 4.82. The summed E-state index contributed by atoms with van der Waals surface area (Å²) in [7, 11) is 0. The predicted molar refractivity (Wildman–Crippen MR) is 91.9 cm³/mol. The Bertz CT molecular complexity index is 537. The van der Waals surface area contributed by atoms with Crippen molar-refractivity contribution in [1.29, 1.82) is 0 Å². The minimum atomic E-state index is -0.0912. The molecule has 0 N–H and O–H groups in total. The van der Waals surface area contributed by atoms with E-state index in [9.17, 15) is 4.79 Å². The number of amides is 1. The fraction of sp³-hybridized carbons (Fsp3) is 0.706. The van der Waals surface area contributed by atoms with Crippen LogP contribution in [0.2, 0.25) is 0 Å². The maximum Gasteiger partial charge on any atom is 0.239 e. The van der Waals surface area contributed by atoms with Crippen LogP contribution >= 0.6 is 0 Å². The zero-order valence-corrected chi connectivity index (χ0v) is 14.8. The lowest BCUT2D eigenvalue weighted by atomic mass is 10.1. The van der Waals surface area contributed by atoms with Gasteiger partial charge >= 0.3 is 0 Å². The van der Waals surface area contributed by atoms with Crippen LogP contribution in [0.3, 0.4) is 0 Å². The van der Waals surface area contributed by atoms with E-state index in [0.717, 1.165) is 32.0 Å². The zero-order chi connectivity index (χ0) is 17.1. The molecule has 7 heteroatoms. The number of hydrogen-bond donors (Lipinski definition) is 0. The van der Waals surface area contributed by atoms with Gasteiger partial charge in [-0.1, -0.05) is 0 Å². The molecule has 0 unspecified atom stereocenters. The van der Waals surface area contributed by atoms with E-state index < -0.39 is 0 Å². The van der Waals surface area contributed by atoms with Crippen LogP contribution in [0.5, 0.6) is 0 Å². The van der Waals surface area contributed by atoms with Crippen molar-refractivity contribution in [2.24, 2.45) is 0 Å². The number of carbonyl (C=O) groups is 1. The molecular weight excluding hydrogens is 306 g/mol. The maximum atomic E-state index is 12.8. The summed E-state index contributed by atoms with van der Waals surface area (Å²) in [6.45, 7) is 10.9. The minimum absolute atomic E-state index is 0.0912. The summed E-state index contributed by atoms with van der Waals surface area (Å²) in [5, 5.41) is 0. The van der Waals surface area contributed by atoms with Gasteiger partial charge in [-0.25, -0.2) is 4.98 Å². The molecule has 2 aliphatic rings. The highest BCUT2D eigenvalue weighted by Gasteiger charge is 2.32. The van der Waals surface area contributed by atoms with Gasteiger partial charge in [-0.15, -0.1) is 0 Å². The lowest BCUT2D eigenvalue weighted by Gasteiger charge is -2.41. The summed E-state index contributed by atoms with van der Waals surface area (Å²) in [5.74, 6) is 1.12. The molecule has 1 amide bonds. The van der Waals surface area contributed by atoms with E-state index in [0.29, 0.717) is 13.1 Å². The van der Waals surface area contributed by atoms with Crippen LogP contribution in [0.1, 0.15) is 20.8 Å². The molecule has 2 saturated heterocycles. The molecule has 3 rings (SSSR count). The molecule has 0 bridgehead atoms. The highest BCUT2D eigenvalue weighted by molar-refractivity contribution is 5.81. The Morgan fingerprint density at radius 3 is 2.42 bits per heavy atom. The molecule has 0 radical (unpaired) electrons. The smallest absolute Gasteiger partial charge is 0.239 e. The number of hydrogen-bond acceptors (Lipinski definition) is 6. The number of morpholine rings is 1. The zero-order valence-electron chi connectivity index (χ0n) is 14.8. The van der Waals surface area contributed by atoms with Crippen LogP contribution in [0.4, 0.5) is 5.82 Å². The van der Waals surface area contributed by atoms with Crippen LogP contribution in [0.15, 0.2) is 18.6 Å². The van der Waals surface area contributed by atoms with Crippen molar-refractivity contribution < 1.29 is 9.53 Å². The number of nitrogens with zero attached hydrogens (tertiary/aromatic N) is 5. The first kappa shape index (κ1) is 17.1. The number of piperazine rings is 1. The molecule has 1 aromatic heterocycles. The Morgan fingerprint density at radius 2 is 1.83 bits per heavy atom. The second kappa shape index (κ2) is 7.44. The van der Waals surface area contributed by atoms with E-state index in [1.165, 1.54) is 0 Å². The van der Waals surface area contributed by atoms with E-state index in [1.54, 1.807) is 18.6 Å². The summed E-state index contributed by atoms with van der Waals surface area (Å²) in [4.78, 5) is 27.8. The minimum Gasteiger partial charge on any atom is -0.372 e. The molecule has 132 valence electrons. The molecule has 24 heavy (non-hydrogen) atoms. The van der Waals surface area contributed by atoms with E-state index in [4.69, 9.17) is 4.74 Å². The highest BCUT2D eigenvalue weighted by atomic mass is 16.5. The Balaban J connectivity index is 1.55. The number of carbonyl (C=O) groups excluding carboxylic acids is 1. The van der Waals surface area contributed by atoms with Gasteiger partial charge in [-0.05, 0) is 20.8 Å². The average Bonchev–Trinajstić information content (AvgIpc) is 2.60.